The Hall–Kier alpha value is -0.570. The van der Waals surface area contributed by atoms with Gasteiger partial charge in [0.05, 0.1) is 12.0 Å². The molecule has 0 aliphatic carbocycles. The Labute approximate surface area is 98.1 Å². The van der Waals surface area contributed by atoms with Gasteiger partial charge in [0.2, 0.25) is 0 Å². The third kappa shape index (κ3) is 1.56. The number of hydrogen-bond acceptors (Lipinski definition) is 3. The topological polar surface area (TPSA) is 29.5 Å². The highest BCUT2D eigenvalue weighted by molar-refractivity contribution is 5.80. The van der Waals surface area contributed by atoms with Gasteiger partial charge >= 0.3 is 5.97 Å². The van der Waals surface area contributed by atoms with E-state index in [1.807, 2.05) is 0 Å². The zero-order chi connectivity index (χ0) is 12.0. The van der Waals surface area contributed by atoms with Gasteiger partial charge in [-0.25, -0.2) is 0 Å². The first-order valence-electron chi connectivity index (χ1n) is 6.30. The number of esters is 1. The molecule has 3 heteroatoms. The lowest BCUT2D eigenvalue weighted by molar-refractivity contribution is -0.150. The smallest absolute Gasteiger partial charge is 0.312 e. The zero-order valence-electron chi connectivity index (χ0n) is 10.9. The molecule has 0 unspecified atom stereocenters. The minimum atomic E-state index is -0.210. The molecule has 0 aromatic rings. The number of rotatable bonds is 1. The molecule has 0 atom stereocenters. The number of carbonyl (C=O) groups excluding carboxylic acids is 1. The summed E-state index contributed by atoms with van der Waals surface area (Å²) >= 11 is 0. The molecule has 0 amide bonds. The van der Waals surface area contributed by atoms with E-state index >= 15 is 0 Å². The van der Waals surface area contributed by atoms with Gasteiger partial charge < -0.3 is 9.64 Å². The Balaban J connectivity index is 2.14. The number of carbonyl (C=O) groups is 1. The minimum absolute atomic E-state index is 0.00710. The summed E-state index contributed by atoms with van der Waals surface area (Å²) in [6, 6.07) is 0.581. The second-order valence-electron chi connectivity index (χ2n) is 6.17. The van der Waals surface area contributed by atoms with Crippen LogP contribution in [0.15, 0.2) is 0 Å². The molecule has 0 radical (unpaired) electrons. The van der Waals surface area contributed by atoms with Crippen LogP contribution in [0, 0.1) is 10.8 Å². The molecule has 0 N–H and O–H groups in total. The highest BCUT2D eigenvalue weighted by Gasteiger charge is 2.58. The van der Waals surface area contributed by atoms with Gasteiger partial charge in [0.25, 0.3) is 0 Å². The second-order valence-corrected chi connectivity index (χ2v) is 6.17. The summed E-state index contributed by atoms with van der Waals surface area (Å²) in [5, 5.41) is 0. The number of piperidine rings is 1. The first kappa shape index (κ1) is 11.9. The SMILES string of the molecule is CC(C)N1CCC2(CC1)C(=O)OCC2(C)C. The molecule has 0 saturated carbocycles. The molecule has 0 aromatic heterocycles. The van der Waals surface area contributed by atoms with E-state index in [1.54, 1.807) is 0 Å². The van der Waals surface area contributed by atoms with Crippen LogP contribution >= 0.6 is 0 Å². The molecule has 3 nitrogen and oxygen atoms in total. The maximum Gasteiger partial charge on any atom is 0.312 e. The fourth-order valence-corrected chi connectivity index (χ4v) is 3.10. The molecule has 2 fully saturated rings. The third-order valence-electron chi connectivity index (χ3n) is 4.63. The van der Waals surface area contributed by atoms with E-state index in [0.29, 0.717) is 12.6 Å². The van der Waals surface area contributed by atoms with Crippen LogP contribution in [0.5, 0.6) is 0 Å². The first-order valence-corrected chi connectivity index (χ1v) is 6.30. The molecular weight excluding hydrogens is 202 g/mol. The van der Waals surface area contributed by atoms with Gasteiger partial charge in [-0.3, -0.25) is 4.79 Å². The summed E-state index contributed by atoms with van der Waals surface area (Å²) in [7, 11) is 0. The van der Waals surface area contributed by atoms with E-state index in [4.69, 9.17) is 4.74 Å². The number of nitrogens with zero attached hydrogens (tertiary/aromatic N) is 1. The Morgan fingerprint density at radius 3 is 2.19 bits per heavy atom. The lowest BCUT2D eigenvalue weighted by Crippen LogP contribution is -2.50. The Morgan fingerprint density at radius 2 is 1.81 bits per heavy atom. The zero-order valence-corrected chi connectivity index (χ0v) is 10.9. The van der Waals surface area contributed by atoms with E-state index in [2.05, 4.69) is 32.6 Å². The number of cyclic esters (lactones) is 1. The number of likely N-dealkylation sites (tertiary alicyclic amines) is 1. The van der Waals surface area contributed by atoms with Crippen molar-refractivity contribution >= 4 is 5.97 Å². The summed E-state index contributed by atoms with van der Waals surface area (Å²) in [5.74, 6) is 0.0425. The van der Waals surface area contributed by atoms with Crippen LogP contribution in [0.3, 0.4) is 0 Å². The van der Waals surface area contributed by atoms with Crippen LogP contribution in [-0.2, 0) is 9.53 Å². The molecule has 0 aromatic carbocycles. The highest BCUT2D eigenvalue weighted by atomic mass is 16.5. The Kier molecular flexibility index (Phi) is 2.77. The molecule has 1 spiro atoms. The van der Waals surface area contributed by atoms with Gasteiger partial charge in [-0.05, 0) is 39.8 Å². The lowest BCUT2D eigenvalue weighted by Gasteiger charge is -2.44. The second kappa shape index (κ2) is 3.73. The summed E-state index contributed by atoms with van der Waals surface area (Å²) in [6.07, 6.45) is 1.91. The minimum Gasteiger partial charge on any atom is -0.465 e. The fraction of sp³-hybridized carbons (Fsp3) is 0.923. The molecule has 16 heavy (non-hydrogen) atoms. The van der Waals surface area contributed by atoms with Crippen LogP contribution in [0.2, 0.25) is 0 Å². The van der Waals surface area contributed by atoms with Gasteiger partial charge in [0, 0.05) is 11.5 Å². The molecule has 2 aliphatic rings. The van der Waals surface area contributed by atoms with Gasteiger partial charge in [-0.1, -0.05) is 13.8 Å². The van der Waals surface area contributed by atoms with Gasteiger partial charge in [0.1, 0.15) is 0 Å². The highest BCUT2D eigenvalue weighted by Crippen LogP contribution is 2.52. The van der Waals surface area contributed by atoms with Crippen molar-refractivity contribution in [2.45, 2.75) is 46.6 Å². The monoisotopic (exact) mass is 225 g/mol. The lowest BCUT2D eigenvalue weighted by atomic mass is 9.62. The van der Waals surface area contributed by atoms with Gasteiger partial charge in [-0.2, -0.15) is 0 Å². The third-order valence-corrected chi connectivity index (χ3v) is 4.63. The summed E-state index contributed by atoms with van der Waals surface area (Å²) in [4.78, 5) is 14.5. The molecule has 2 heterocycles. The van der Waals surface area contributed by atoms with Crippen molar-refractivity contribution in [2.24, 2.45) is 10.8 Å². The van der Waals surface area contributed by atoms with Crippen molar-refractivity contribution in [3.8, 4) is 0 Å². The van der Waals surface area contributed by atoms with Crippen molar-refractivity contribution in [3.05, 3.63) is 0 Å². The van der Waals surface area contributed by atoms with Crippen LogP contribution in [0.4, 0.5) is 0 Å². The maximum atomic E-state index is 12.0. The number of hydrogen-bond donors (Lipinski definition) is 0. The van der Waals surface area contributed by atoms with Crippen molar-refractivity contribution in [1.82, 2.24) is 4.90 Å². The Morgan fingerprint density at radius 1 is 1.25 bits per heavy atom. The van der Waals surface area contributed by atoms with E-state index in [1.165, 1.54) is 0 Å². The Bertz CT molecular complexity index is 288. The molecule has 2 saturated heterocycles. The quantitative estimate of drug-likeness (QED) is 0.640. The van der Waals surface area contributed by atoms with Crippen LogP contribution in [0.25, 0.3) is 0 Å². The first-order chi connectivity index (χ1) is 7.39. The molecular formula is C13H23NO2. The van der Waals surface area contributed by atoms with Crippen LogP contribution in [0.1, 0.15) is 40.5 Å². The largest absolute Gasteiger partial charge is 0.465 e. The molecule has 2 aliphatic heterocycles. The van der Waals surface area contributed by atoms with E-state index in [-0.39, 0.29) is 16.8 Å². The normalized spacial score (nSPS) is 28.7. The molecule has 0 bridgehead atoms. The van der Waals surface area contributed by atoms with E-state index in [0.717, 1.165) is 25.9 Å². The van der Waals surface area contributed by atoms with Crippen molar-refractivity contribution in [3.63, 3.8) is 0 Å². The fourth-order valence-electron chi connectivity index (χ4n) is 3.10. The summed E-state index contributed by atoms with van der Waals surface area (Å²) < 4.78 is 5.30. The van der Waals surface area contributed by atoms with Crippen LogP contribution in [-0.4, -0.2) is 36.6 Å². The van der Waals surface area contributed by atoms with Gasteiger partial charge in [-0.15, -0.1) is 0 Å². The maximum absolute atomic E-state index is 12.0. The van der Waals surface area contributed by atoms with Gasteiger partial charge in [0.15, 0.2) is 0 Å². The predicted octanol–water partition coefficient (Wildman–Crippen LogP) is 2.06. The van der Waals surface area contributed by atoms with E-state index in [9.17, 15) is 4.79 Å². The summed E-state index contributed by atoms with van der Waals surface area (Å²) in [5.41, 5.74) is -0.203. The molecule has 92 valence electrons. The van der Waals surface area contributed by atoms with Crippen molar-refractivity contribution in [2.75, 3.05) is 19.7 Å². The average Bonchev–Trinajstić information content (AvgIpc) is 2.44. The predicted molar refractivity (Wildman–Crippen MR) is 63.1 cm³/mol. The van der Waals surface area contributed by atoms with E-state index < -0.39 is 0 Å². The standard InChI is InChI=1S/C13H23NO2/c1-10(2)14-7-5-13(6-8-14)11(15)16-9-12(13,3)4/h10H,5-9H2,1-4H3. The molecule has 2 rings (SSSR count). The number of ether oxygens (including phenoxy) is 1. The summed E-state index contributed by atoms with van der Waals surface area (Å²) in [6.45, 7) is 11.4. The average molecular weight is 225 g/mol. The van der Waals surface area contributed by atoms with Crippen LogP contribution < -0.4 is 0 Å². The van der Waals surface area contributed by atoms with Crippen molar-refractivity contribution < 1.29 is 9.53 Å². The van der Waals surface area contributed by atoms with Crippen molar-refractivity contribution in [1.29, 1.82) is 0 Å².